The van der Waals surface area contributed by atoms with Gasteiger partial charge in [0.15, 0.2) is 0 Å². The third-order valence-electron chi connectivity index (χ3n) is 6.66. The van der Waals surface area contributed by atoms with Gasteiger partial charge in [-0.15, -0.1) is 0 Å². The fourth-order valence-electron chi connectivity index (χ4n) is 4.95. The number of rotatable bonds is 3. The number of aromatic carboxylic acids is 1. The zero-order valence-corrected chi connectivity index (χ0v) is 16.5. The van der Waals surface area contributed by atoms with Crippen LogP contribution < -0.4 is 15.3 Å². The fraction of sp³-hybridized carbons (Fsp3) is 0.524. The quantitative estimate of drug-likeness (QED) is 0.794. The first-order valence-corrected chi connectivity index (χ1v) is 10.3. The van der Waals surface area contributed by atoms with Crippen molar-refractivity contribution in [3.63, 3.8) is 0 Å². The molecule has 7 nitrogen and oxygen atoms in total. The average molecular weight is 400 g/mol. The molecule has 1 aromatic carbocycles. The molecule has 0 bridgehead atoms. The Morgan fingerprint density at radius 3 is 2.38 bits per heavy atom. The molecule has 1 aromatic heterocycles. The number of piperazine rings is 1. The number of anilines is 1. The molecule has 3 heterocycles. The van der Waals surface area contributed by atoms with Crippen LogP contribution in [0.1, 0.15) is 36.0 Å². The molecular weight excluding hydrogens is 375 g/mol. The lowest BCUT2D eigenvalue weighted by Crippen LogP contribution is -2.44. The van der Waals surface area contributed by atoms with E-state index in [1.807, 2.05) is 11.9 Å². The number of hydrogen-bond acceptors (Lipinski definition) is 5. The van der Waals surface area contributed by atoms with Gasteiger partial charge in [-0.05, 0) is 32.0 Å². The van der Waals surface area contributed by atoms with Crippen molar-refractivity contribution in [3.8, 4) is 0 Å². The molecule has 1 saturated carbocycles. The van der Waals surface area contributed by atoms with Crippen LogP contribution in [0.2, 0.25) is 0 Å². The summed E-state index contributed by atoms with van der Waals surface area (Å²) in [6.07, 6.45) is 5.86. The van der Waals surface area contributed by atoms with Crippen molar-refractivity contribution in [3.05, 3.63) is 39.9 Å². The van der Waals surface area contributed by atoms with E-state index in [1.54, 1.807) is 10.7 Å². The van der Waals surface area contributed by atoms with Crippen molar-refractivity contribution in [1.82, 2.24) is 9.58 Å². The topological polar surface area (TPSA) is 68.8 Å². The van der Waals surface area contributed by atoms with Crippen LogP contribution in [0.15, 0.2) is 23.1 Å². The second-order valence-electron chi connectivity index (χ2n) is 8.43. The third kappa shape index (κ3) is 2.97. The van der Waals surface area contributed by atoms with E-state index in [0.717, 1.165) is 38.8 Å². The molecule has 0 spiro atoms. The van der Waals surface area contributed by atoms with Gasteiger partial charge in [-0.25, -0.2) is 9.18 Å². The Hall–Kier alpha value is -2.61. The summed E-state index contributed by atoms with van der Waals surface area (Å²) in [7, 11) is 2.04. The van der Waals surface area contributed by atoms with Crippen LogP contribution in [0.3, 0.4) is 0 Å². The maximum atomic E-state index is 15.0. The normalized spacial score (nSPS) is 24.6. The molecule has 29 heavy (non-hydrogen) atoms. The highest BCUT2D eigenvalue weighted by Gasteiger charge is 2.49. The smallest absolute Gasteiger partial charge is 0.341 e. The Bertz CT molecular complexity index is 1030. The number of fused-ring (bicyclic) bond motifs is 2. The molecule has 2 unspecified atom stereocenters. The Labute approximate surface area is 167 Å². The summed E-state index contributed by atoms with van der Waals surface area (Å²) in [5, 5.41) is 11.8. The fourth-order valence-corrected chi connectivity index (χ4v) is 4.95. The van der Waals surface area contributed by atoms with Crippen LogP contribution in [-0.4, -0.2) is 66.0 Å². The molecule has 3 fully saturated rings. The summed E-state index contributed by atoms with van der Waals surface area (Å²) in [5.41, 5.74) is 0.127. The van der Waals surface area contributed by atoms with E-state index in [-0.39, 0.29) is 10.9 Å². The number of carboxylic acids is 1. The number of aromatic nitrogens is 1. The Morgan fingerprint density at radius 1 is 1.10 bits per heavy atom. The first kappa shape index (κ1) is 18.4. The van der Waals surface area contributed by atoms with Gasteiger partial charge in [0.2, 0.25) is 5.43 Å². The number of nitrogens with zero attached hydrogens (tertiary/aromatic N) is 4. The van der Waals surface area contributed by atoms with Crippen LogP contribution in [0, 0.1) is 5.82 Å². The Kier molecular flexibility index (Phi) is 4.27. The molecule has 0 amide bonds. The summed E-state index contributed by atoms with van der Waals surface area (Å²) in [6, 6.07) is 3.69. The predicted molar refractivity (Wildman–Crippen MR) is 109 cm³/mol. The van der Waals surface area contributed by atoms with E-state index in [2.05, 4.69) is 9.91 Å². The van der Waals surface area contributed by atoms with Gasteiger partial charge in [-0.3, -0.25) is 9.47 Å². The lowest BCUT2D eigenvalue weighted by Gasteiger charge is -2.34. The Balaban J connectivity index is 1.67. The molecule has 5 rings (SSSR count). The highest BCUT2D eigenvalue weighted by atomic mass is 19.1. The molecule has 154 valence electrons. The van der Waals surface area contributed by atoms with Gasteiger partial charge in [0.25, 0.3) is 0 Å². The van der Waals surface area contributed by atoms with Gasteiger partial charge in [0.1, 0.15) is 11.4 Å². The largest absolute Gasteiger partial charge is 0.477 e. The average Bonchev–Trinajstić information content (AvgIpc) is 3.43. The minimum atomic E-state index is -1.28. The summed E-state index contributed by atoms with van der Waals surface area (Å²) < 4.78 is 16.8. The molecule has 2 aliphatic heterocycles. The van der Waals surface area contributed by atoms with Crippen LogP contribution in [-0.2, 0) is 0 Å². The molecule has 2 atom stereocenters. The van der Waals surface area contributed by atoms with Crippen molar-refractivity contribution in [2.75, 3.05) is 43.1 Å². The van der Waals surface area contributed by atoms with Crippen molar-refractivity contribution in [2.24, 2.45) is 0 Å². The lowest BCUT2D eigenvalue weighted by atomic mass is 10.0. The van der Waals surface area contributed by atoms with E-state index in [9.17, 15) is 19.1 Å². The van der Waals surface area contributed by atoms with Gasteiger partial charge in [-0.1, -0.05) is 12.8 Å². The molecule has 8 heteroatoms. The minimum absolute atomic E-state index is 0.129. The molecule has 3 aliphatic rings. The number of halogens is 1. The highest BCUT2D eigenvalue weighted by Crippen LogP contribution is 2.40. The molecule has 0 radical (unpaired) electrons. The van der Waals surface area contributed by atoms with E-state index in [4.69, 9.17) is 0 Å². The first-order chi connectivity index (χ1) is 14.0. The summed E-state index contributed by atoms with van der Waals surface area (Å²) in [5.74, 6) is -1.75. The van der Waals surface area contributed by atoms with E-state index in [0.29, 0.717) is 36.4 Å². The van der Waals surface area contributed by atoms with E-state index < -0.39 is 17.2 Å². The number of pyridine rings is 1. The number of benzene rings is 1. The van der Waals surface area contributed by atoms with Gasteiger partial charge < -0.3 is 19.9 Å². The monoisotopic (exact) mass is 400 g/mol. The number of hydrogen-bond donors (Lipinski definition) is 1. The Morgan fingerprint density at radius 2 is 1.76 bits per heavy atom. The van der Waals surface area contributed by atoms with Gasteiger partial charge in [0, 0.05) is 32.4 Å². The maximum Gasteiger partial charge on any atom is 0.341 e. The highest BCUT2D eigenvalue weighted by molar-refractivity contribution is 5.93. The SMILES string of the molecule is CN1CCN(c2cc3c(cc2F)c(=O)c(C(=O)O)cn3N2C3CCCCC32)CC1. The van der Waals surface area contributed by atoms with Gasteiger partial charge in [0.05, 0.1) is 28.7 Å². The molecule has 1 aliphatic carbocycles. The van der Waals surface area contributed by atoms with Crippen LogP contribution in [0.25, 0.3) is 10.9 Å². The molecule has 2 saturated heterocycles. The number of carbonyl (C=O) groups is 1. The summed E-state index contributed by atoms with van der Waals surface area (Å²) in [4.78, 5) is 28.6. The zero-order chi connectivity index (χ0) is 20.3. The predicted octanol–water partition coefficient (Wildman–Crippen LogP) is 1.85. The zero-order valence-electron chi connectivity index (χ0n) is 16.5. The second kappa shape index (κ2) is 6.73. The summed E-state index contributed by atoms with van der Waals surface area (Å²) >= 11 is 0. The lowest BCUT2D eigenvalue weighted by molar-refractivity contribution is 0.0695. The van der Waals surface area contributed by atoms with Crippen LogP contribution >= 0.6 is 0 Å². The van der Waals surface area contributed by atoms with E-state index >= 15 is 0 Å². The molecule has 2 aromatic rings. The van der Waals surface area contributed by atoms with Crippen molar-refractivity contribution < 1.29 is 14.3 Å². The number of carboxylic acid groups (broad SMARTS) is 1. The van der Waals surface area contributed by atoms with Gasteiger partial charge in [-0.2, -0.15) is 0 Å². The van der Waals surface area contributed by atoms with Crippen LogP contribution in [0.5, 0.6) is 0 Å². The van der Waals surface area contributed by atoms with Crippen LogP contribution in [0.4, 0.5) is 10.1 Å². The standard InChI is InChI=1S/C21H25FN4O3/c1-23-6-8-24(9-7-23)19-11-18-13(10-15(19)22)20(27)14(21(28)29)12-25(18)26-16-4-2-3-5-17(16)26/h10-12,16-17H,2-9H2,1H3,(H,28,29). The van der Waals surface area contributed by atoms with E-state index in [1.165, 1.54) is 12.3 Å². The molecular formula is C21H25FN4O3. The van der Waals surface area contributed by atoms with Gasteiger partial charge >= 0.3 is 5.97 Å². The van der Waals surface area contributed by atoms with Crippen molar-refractivity contribution >= 4 is 22.6 Å². The summed E-state index contributed by atoms with van der Waals surface area (Å²) in [6.45, 7) is 3.12. The second-order valence-corrected chi connectivity index (χ2v) is 8.43. The number of likely N-dealkylation sites (N-methyl/N-ethyl adjacent to an activating group) is 1. The third-order valence-corrected chi connectivity index (χ3v) is 6.66. The first-order valence-electron chi connectivity index (χ1n) is 10.3. The maximum absolute atomic E-state index is 15.0. The van der Waals surface area contributed by atoms with Crippen molar-refractivity contribution in [1.29, 1.82) is 0 Å². The van der Waals surface area contributed by atoms with Crippen molar-refractivity contribution in [2.45, 2.75) is 37.8 Å². The molecule has 1 N–H and O–H groups in total. The minimum Gasteiger partial charge on any atom is -0.477 e.